The summed E-state index contributed by atoms with van der Waals surface area (Å²) < 4.78 is 1.82. The number of aromatic nitrogens is 2. The van der Waals surface area contributed by atoms with E-state index < -0.39 is 0 Å². The summed E-state index contributed by atoms with van der Waals surface area (Å²) in [7, 11) is 1.93. The Balaban J connectivity index is 0.00000196. The molecule has 2 aromatic rings. The number of rotatable bonds is 3. The van der Waals surface area contributed by atoms with Crippen molar-refractivity contribution in [1.82, 2.24) is 20.0 Å². The predicted octanol–water partition coefficient (Wildman–Crippen LogP) is 2.82. The zero-order valence-corrected chi connectivity index (χ0v) is 16.2. The number of halogens is 1. The van der Waals surface area contributed by atoms with E-state index in [2.05, 4.69) is 46.5 Å². The molecule has 1 N–H and O–H groups in total. The first-order valence-corrected chi connectivity index (χ1v) is 9.20. The summed E-state index contributed by atoms with van der Waals surface area (Å²) in [6, 6.07) is 8.70. The summed E-state index contributed by atoms with van der Waals surface area (Å²) in [6.07, 6.45) is 6.10. The topological polar surface area (TPSA) is 50.2 Å². The number of nitrogens with one attached hydrogen (secondary N) is 1. The Morgan fingerprint density at radius 1 is 1.27 bits per heavy atom. The van der Waals surface area contributed by atoms with Crippen molar-refractivity contribution in [2.24, 2.45) is 13.0 Å². The molecule has 140 valence electrons. The molecule has 0 saturated carbocycles. The average molecular weight is 375 g/mol. The fourth-order valence-corrected chi connectivity index (χ4v) is 4.45. The maximum atomic E-state index is 13.4. The van der Waals surface area contributed by atoms with Gasteiger partial charge >= 0.3 is 0 Å². The molecule has 3 atom stereocenters. The second-order valence-electron chi connectivity index (χ2n) is 7.36. The Morgan fingerprint density at radius 3 is 2.81 bits per heavy atom. The Hall–Kier alpha value is -1.85. The SMILES string of the molecule is Cc1ccccc1C1CCCN1C(=O)[C@H]1CNC[C@@H]1c1cnn(C)c1.Cl. The highest BCUT2D eigenvalue weighted by Crippen LogP contribution is 2.37. The standard InChI is InChI=1S/C20H26N4O.ClH/c1-14-6-3-4-7-16(14)19-8-5-9-24(19)20(25)18-12-21-11-17(18)15-10-22-23(2)13-15;/h3-4,6-7,10,13,17-19,21H,5,8-9,11-12H2,1-2H3;1H/t17-,18+,19?;/m1./s1. The van der Waals surface area contributed by atoms with Crippen LogP contribution in [0.3, 0.4) is 0 Å². The zero-order chi connectivity index (χ0) is 17.4. The largest absolute Gasteiger partial charge is 0.335 e. The molecule has 1 amide bonds. The lowest BCUT2D eigenvalue weighted by molar-refractivity contribution is -0.136. The minimum absolute atomic E-state index is 0. The fraction of sp³-hybridized carbons (Fsp3) is 0.500. The lowest BCUT2D eigenvalue weighted by Gasteiger charge is -2.30. The van der Waals surface area contributed by atoms with Crippen molar-refractivity contribution < 1.29 is 4.79 Å². The van der Waals surface area contributed by atoms with E-state index >= 15 is 0 Å². The van der Waals surface area contributed by atoms with Crippen molar-refractivity contribution in [2.75, 3.05) is 19.6 Å². The number of carbonyl (C=O) groups is 1. The minimum Gasteiger partial charge on any atom is -0.335 e. The van der Waals surface area contributed by atoms with Gasteiger partial charge < -0.3 is 10.2 Å². The van der Waals surface area contributed by atoms with Gasteiger partial charge in [0.1, 0.15) is 0 Å². The first-order chi connectivity index (χ1) is 12.1. The highest BCUT2D eigenvalue weighted by Gasteiger charge is 2.40. The molecular formula is C20H27ClN4O. The molecule has 1 unspecified atom stereocenters. The Kier molecular flexibility index (Phi) is 5.68. The quantitative estimate of drug-likeness (QED) is 0.898. The smallest absolute Gasteiger partial charge is 0.228 e. The van der Waals surface area contributed by atoms with Crippen LogP contribution in [0.1, 0.15) is 41.5 Å². The van der Waals surface area contributed by atoms with Gasteiger partial charge in [-0.15, -0.1) is 12.4 Å². The lowest BCUT2D eigenvalue weighted by Crippen LogP contribution is -2.38. The first kappa shape index (κ1) is 18.9. The summed E-state index contributed by atoms with van der Waals surface area (Å²) >= 11 is 0. The van der Waals surface area contributed by atoms with Crippen LogP contribution in [-0.2, 0) is 11.8 Å². The van der Waals surface area contributed by atoms with E-state index in [-0.39, 0.29) is 30.3 Å². The molecule has 3 heterocycles. The molecule has 1 aromatic carbocycles. The van der Waals surface area contributed by atoms with E-state index in [0.717, 1.165) is 38.0 Å². The number of nitrogens with zero attached hydrogens (tertiary/aromatic N) is 3. The molecule has 1 aromatic heterocycles. The number of likely N-dealkylation sites (tertiary alicyclic amines) is 1. The third-order valence-electron chi connectivity index (χ3n) is 5.77. The normalized spacial score (nSPS) is 25.3. The minimum atomic E-state index is 0. The van der Waals surface area contributed by atoms with Crippen LogP contribution in [0.5, 0.6) is 0 Å². The maximum absolute atomic E-state index is 13.4. The molecular weight excluding hydrogens is 348 g/mol. The number of hydrogen-bond acceptors (Lipinski definition) is 3. The molecule has 2 saturated heterocycles. The van der Waals surface area contributed by atoms with Crippen molar-refractivity contribution in [1.29, 1.82) is 0 Å². The predicted molar refractivity (Wildman–Crippen MR) is 104 cm³/mol. The number of benzene rings is 1. The van der Waals surface area contributed by atoms with Crippen molar-refractivity contribution in [2.45, 2.75) is 31.7 Å². The van der Waals surface area contributed by atoms with Gasteiger partial charge in [-0.2, -0.15) is 5.10 Å². The number of amides is 1. The van der Waals surface area contributed by atoms with Gasteiger partial charge in [0.25, 0.3) is 0 Å². The first-order valence-electron chi connectivity index (χ1n) is 9.20. The third-order valence-corrected chi connectivity index (χ3v) is 5.77. The number of carbonyl (C=O) groups excluding carboxylic acids is 1. The van der Waals surface area contributed by atoms with Crippen LogP contribution in [0.2, 0.25) is 0 Å². The van der Waals surface area contributed by atoms with Gasteiger partial charge in [-0.1, -0.05) is 24.3 Å². The molecule has 2 fully saturated rings. The molecule has 2 aliphatic heterocycles. The van der Waals surface area contributed by atoms with Crippen molar-refractivity contribution in [3.05, 3.63) is 53.3 Å². The van der Waals surface area contributed by atoms with Crippen LogP contribution < -0.4 is 5.32 Å². The Morgan fingerprint density at radius 2 is 2.08 bits per heavy atom. The Bertz CT molecular complexity index is 775. The van der Waals surface area contributed by atoms with Gasteiger partial charge in [-0.25, -0.2) is 0 Å². The van der Waals surface area contributed by atoms with Gasteiger partial charge in [0.15, 0.2) is 0 Å². The van der Waals surface area contributed by atoms with Gasteiger partial charge in [0, 0.05) is 38.8 Å². The van der Waals surface area contributed by atoms with E-state index in [4.69, 9.17) is 0 Å². The molecule has 6 heteroatoms. The van der Waals surface area contributed by atoms with Gasteiger partial charge in [0.05, 0.1) is 18.2 Å². The van der Waals surface area contributed by atoms with Crippen molar-refractivity contribution in [3.8, 4) is 0 Å². The summed E-state index contributed by atoms with van der Waals surface area (Å²) in [4.78, 5) is 15.5. The molecule has 4 rings (SSSR count). The van der Waals surface area contributed by atoms with Gasteiger partial charge in [-0.05, 0) is 36.5 Å². The van der Waals surface area contributed by atoms with E-state index in [1.165, 1.54) is 11.1 Å². The average Bonchev–Trinajstić information content (AvgIpc) is 3.34. The zero-order valence-electron chi connectivity index (χ0n) is 15.4. The molecule has 0 aliphatic carbocycles. The summed E-state index contributed by atoms with van der Waals surface area (Å²) in [5, 5.41) is 7.71. The van der Waals surface area contributed by atoms with Crippen molar-refractivity contribution in [3.63, 3.8) is 0 Å². The van der Waals surface area contributed by atoms with Crippen LogP contribution >= 0.6 is 12.4 Å². The van der Waals surface area contributed by atoms with E-state index in [0.29, 0.717) is 5.91 Å². The van der Waals surface area contributed by atoms with Crippen LogP contribution in [0.4, 0.5) is 0 Å². The van der Waals surface area contributed by atoms with Crippen LogP contribution in [0.25, 0.3) is 0 Å². The van der Waals surface area contributed by atoms with E-state index in [1.54, 1.807) is 0 Å². The lowest BCUT2D eigenvalue weighted by atomic mass is 9.89. The number of hydrogen-bond donors (Lipinski definition) is 1. The number of aryl methyl sites for hydroxylation is 2. The van der Waals surface area contributed by atoms with Gasteiger partial charge in [-0.3, -0.25) is 9.48 Å². The van der Waals surface area contributed by atoms with Crippen LogP contribution in [0, 0.1) is 12.8 Å². The molecule has 0 spiro atoms. The summed E-state index contributed by atoms with van der Waals surface area (Å²) in [6.45, 7) is 4.63. The molecule has 26 heavy (non-hydrogen) atoms. The summed E-state index contributed by atoms with van der Waals surface area (Å²) in [5.74, 6) is 0.526. The Labute approximate surface area is 161 Å². The highest BCUT2D eigenvalue weighted by atomic mass is 35.5. The second-order valence-corrected chi connectivity index (χ2v) is 7.36. The molecule has 0 bridgehead atoms. The monoisotopic (exact) mass is 374 g/mol. The van der Waals surface area contributed by atoms with Crippen LogP contribution in [-0.4, -0.2) is 40.2 Å². The molecule has 5 nitrogen and oxygen atoms in total. The second kappa shape index (κ2) is 7.80. The molecule has 0 radical (unpaired) electrons. The fourth-order valence-electron chi connectivity index (χ4n) is 4.45. The molecule has 2 aliphatic rings. The van der Waals surface area contributed by atoms with E-state index in [9.17, 15) is 4.79 Å². The van der Waals surface area contributed by atoms with Crippen LogP contribution in [0.15, 0.2) is 36.7 Å². The maximum Gasteiger partial charge on any atom is 0.228 e. The highest BCUT2D eigenvalue weighted by molar-refractivity contribution is 5.85. The third kappa shape index (κ3) is 3.38. The van der Waals surface area contributed by atoms with E-state index in [1.807, 2.05) is 24.1 Å². The van der Waals surface area contributed by atoms with Crippen molar-refractivity contribution >= 4 is 18.3 Å². The summed E-state index contributed by atoms with van der Waals surface area (Å²) in [5.41, 5.74) is 3.75. The van der Waals surface area contributed by atoms with Gasteiger partial charge in [0.2, 0.25) is 5.91 Å².